The van der Waals surface area contributed by atoms with Crippen molar-refractivity contribution in [3.63, 3.8) is 0 Å². The van der Waals surface area contributed by atoms with Crippen molar-refractivity contribution < 1.29 is 0 Å². The molecule has 1 heterocycles. The molecule has 1 unspecified atom stereocenters. The van der Waals surface area contributed by atoms with Crippen LogP contribution in [0.25, 0.3) is 0 Å². The van der Waals surface area contributed by atoms with E-state index in [1.54, 1.807) is 0 Å². The number of benzene rings is 1. The van der Waals surface area contributed by atoms with E-state index in [1.807, 2.05) is 24.5 Å². The molecule has 1 aromatic heterocycles. The van der Waals surface area contributed by atoms with Gasteiger partial charge in [-0.05, 0) is 43.7 Å². The quantitative estimate of drug-likeness (QED) is 0.831. The number of hydrogen-bond acceptors (Lipinski definition) is 2. The topological polar surface area (TPSA) is 29.9 Å². The van der Waals surface area contributed by atoms with E-state index in [9.17, 15) is 0 Å². The summed E-state index contributed by atoms with van der Waals surface area (Å²) in [5, 5.41) is 4.28. The van der Waals surface area contributed by atoms with Gasteiger partial charge in [0.15, 0.2) is 0 Å². The molecule has 0 bridgehead atoms. The molecule has 2 rings (SSSR count). The average Bonchev–Trinajstić information content (AvgIpc) is 2.86. The third-order valence-electron chi connectivity index (χ3n) is 3.16. The minimum atomic E-state index is 0.0555. The van der Waals surface area contributed by atoms with Crippen molar-refractivity contribution in [1.82, 2.24) is 14.9 Å². The Balaban J connectivity index is 2.41. The Hall–Kier alpha value is -0.840. The van der Waals surface area contributed by atoms with E-state index < -0.39 is 0 Å². The standard InChI is InChI=1S/C15H19BrClN3/c1-3-5-18-14(15-19-6-7-20(15)4-2)11-8-12(16)10-13(17)9-11/h6-10,14,18H,3-5H2,1-2H3. The van der Waals surface area contributed by atoms with E-state index in [2.05, 4.69) is 50.7 Å². The van der Waals surface area contributed by atoms with Gasteiger partial charge in [-0.25, -0.2) is 4.98 Å². The lowest BCUT2D eigenvalue weighted by molar-refractivity contribution is 0.541. The first-order valence-electron chi connectivity index (χ1n) is 6.86. The molecule has 108 valence electrons. The molecule has 0 radical (unpaired) electrons. The second-order valence-corrected chi connectivity index (χ2v) is 6.01. The van der Waals surface area contributed by atoms with Crippen LogP contribution in [0, 0.1) is 0 Å². The molecule has 0 spiro atoms. The van der Waals surface area contributed by atoms with Gasteiger partial charge in [0.05, 0.1) is 6.04 Å². The summed E-state index contributed by atoms with van der Waals surface area (Å²) in [5.41, 5.74) is 1.12. The Bertz CT molecular complexity index is 548. The van der Waals surface area contributed by atoms with Gasteiger partial charge in [0.25, 0.3) is 0 Å². The molecule has 0 saturated carbocycles. The summed E-state index contributed by atoms with van der Waals surface area (Å²) in [6.07, 6.45) is 4.93. The predicted octanol–water partition coefficient (Wildman–Crippen LogP) is 4.41. The molecule has 1 atom stereocenters. The van der Waals surface area contributed by atoms with Crippen LogP contribution < -0.4 is 5.32 Å². The van der Waals surface area contributed by atoms with Crippen LogP contribution in [-0.2, 0) is 6.54 Å². The minimum Gasteiger partial charge on any atom is -0.334 e. The van der Waals surface area contributed by atoms with Gasteiger partial charge in [0.1, 0.15) is 5.82 Å². The van der Waals surface area contributed by atoms with E-state index in [0.29, 0.717) is 0 Å². The van der Waals surface area contributed by atoms with E-state index in [4.69, 9.17) is 11.6 Å². The van der Waals surface area contributed by atoms with E-state index in [0.717, 1.165) is 40.4 Å². The van der Waals surface area contributed by atoms with Crippen LogP contribution in [0.5, 0.6) is 0 Å². The SMILES string of the molecule is CCCNC(c1cc(Cl)cc(Br)c1)c1nccn1CC. The molecule has 0 amide bonds. The van der Waals surface area contributed by atoms with E-state index >= 15 is 0 Å². The fraction of sp³-hybridized carbons (Fsp3) is 0.400. The smallest absolute Gasteiger partial charge is 0.130 e. The fourth-order valence-corrected chi connectivity index (χ4v) is 3.12. The summed E-state index contributed by atoms with van der Waals surface area (Å²) < 4.78 is 3.14. The predicted molar refractivity (Wildman–Crippen MR) is 87.2 cm³/mol. The lowest BCUT2D eigenvalue weighted by Crippen LogP contribution is -2.26. The zero-order valence-electron chi connectivity index (χ0n) is 11.7. The highest BCUT2D eigenvalue weighted by Crippen LogP contribution is 2.27. The summed E-state index contributed by atoms with van der Waals surface area (Å²) in [6, 6.07) is 6.04. The van der Waals surface area contributed by atoms with Gasteiger partial charge < -0.3 is 9.88 Å². The van der Waals surface area contributed by atoms with Gasteiger partial charge >= 0.3 is 0 Å². The number of nitrogens with one attached hydrogen (secondary N) is 1. The van der Waals surface area contributed by atoms with E-state index in [-0.39, 0.29) is 6.04 Å². The van der Waals surface area contributed by atoms with Crippen molar-refractivity contribution >= 4 is 27.5 Å². The van der Waals surface area contributed by atoms with Crippen LogP contribution in [0.1, 0.15) is 37.7 Å². The molecule has 1 N–H and O–H groups in total. The fourth-order valence-electron chi connectivity index (χ4n) is 2.24. The molecular formula is C15H19BrClN3. The van der Waals surface area contributed by atoms with Crippen LogP contribution in [0.3, 0.4) is 0 Å². The number of halogens is 2. The van der Waals surface area contributed by atoms with Crippen LogP contribution >= 0.6 is 27.5 Å². The molecule has 0 saturated heterocycles. The van der Waals surface area contributed by atoms with E-state index in [1.165, 1.54) is 0 Å². The van der Waals surface area contributed by atoms with Gasteiger partial charge in [-0.15, -0.1) is 0 Å². The number of aromatic nitrogens is 2. The zero-order chi connectivity index (χ0) is 14.5. The second kappa shape index (κ2) is 7.25. The molecule has 1 aromatic carbocycles. The Morgan fingerprint density at radius 3 is 2.80 bits per heavy atom. The number of rotatable bonds is 6. The maximum Gasteiger partial charge on any atom is 0.130 e. The monoisotopic (exact) mass is 355 g/mol. The molecule has 0 aliphatic heterocycles. The summed E-state index contributed by atoms with van der Waals surface area (Å²) >= 11 is 9.69. The minimum absolute atomic E-state index is 0.0555. The molecular weight excluding hydrogens is 338 g/mol. The molecule has 3 nitrogen and oxygen atoms in total. The van der Waals surface area contributed by atoms with Gasteiger partial charge in [-0.2, -0.15) is 0 Å². The van der Waals surface area contributed by atoms with Crippen molar-refractivity contribution in [2.75, 3.05) is 6.54 Å². The van der Waals surface area contributed by atoms with Gasteiger partial charge in [-0.1, -0.05) is 34.5 Å². The van der Waals surface area contributed by atoms with Crippen LogP contribution in [0.2, 0.25) is 5.02 Å². The maximum atomic E-state index is 6.18. The Morgan fingerprint density at radius 1 is 1.35 bits per heavy atom. The van der Waals surface area contributed by atoms with Gasteiger partial charge in [0, 0.05) is 28.4 Å². The lowest BCUT2D eigenvalue weighted by Gasteiger charge is -2.20. The maximum absolute atomic E-state index is 6.18. The molecule has 2 aromatic rings. The molecule has 5 heteroatoms. The lowest BCUT2D eigenvalue weighted by atomic mass is 10.1. The van der Waals surface area contributed by atoms with Crippen molar-refractivity contribution in [3.05, 3.63) is 51.5 Å². The highest BCUT2D eigenvalue weighted by Gasteiger charge is 2.19. The zero-order valence-corrected chi connectivity index (χ0v) is 14.1. The number of nitrogens with zero attached hydrogens (tertiary/aromatic N) is 2. The largest absolute Gasteiger partial charge is 0.334 e. The molecule has 0 aliphatic carbocycles. The highest BCUT2D eigenvalue weighted by atomic mass is 79.9. The molecule has 0 aliphatic rings. The first-order valence-corrected chi connectivity index (χ1v) is 8.03. The summed E-state index contributed by atoms with van der Waals surface area (Å²) in [7, 11) is 0. The highest BCUT2D eigenvalue weighted by molar-refractivity contribution is 9.10. The summed E-state index contributed by atoms with van der Waals surface area (Å²) in [4.78, 5) is 4.52. The first kappa shape index (κ1) is 15.5. The van der Waals surface area contributed by atoms with Crippen molar-refractivity contribution in [2.45, 2.75) is 32.9 Å². The van der Waals surface area contributed by atoms with Crippen LogP contribution in [-0.4, -0.2) is 16.1 Å². The first-order chi connectivity index (χ1) is 9.65. The summed E-state index contributed by atoms with van der Waals surface area (Å²) in [6.45, 7) is 6.12. The molecule has 20 heavy (non-hydrogen) atoms. The Morgan fingerprint density at radius 2 is 2.15 bits per heavy atom. The van der Waals surface area contributed by atoms with Crippen LogP contribution in [0.4, 0.5) is 0 Å². The second-order valence-electron chi connectivity index (χ2n) is 4.66. The summed E-state index contributed by atoms with van der Waals surface area (Å²) in [5.74, 6) is 1.02. The van der Waals surface area contributed by atoms with Crippen molar-refractivity contribution in [2.24, 2.45) is 0 Å². The third-order valence-corrected chi connectivity index (χ3v) is 3.84. The number of aryl methyl sites for hydroxylation is 1. The number of imidazole rings is 1. The van der Waals surface area contributed by atoms with Crippen LogP contribution in [0.15, 0.2) is 35.1 Å². The van der Waals surface area contributed by atoms with Crippen molar-refractivity contribution in [1.29, 1.82) is 0 Å². The van der Waals surface area contributed by atoms with Crippen molar-refractivity contribution in [3.8, 4) is 0 Å². The third kappa shape index (κ3) is 3.62. The van der Waals surface area contributed by atoms with Gasteiger partial charge in [0.2, 0.25) is 0 Å². The van der Waals surface area contributed by atoms with Gasteiger partial charge in [-0.3, -0.25) is 0 Å². The average molecular weight is 357 g/mol. The Kier molecular flexibility index (Phi) is 5.64. The molecule has 0 fully saturated rings. The normalized spacial score (nSPS) is 12.6. The Labute approximate surface area is 133 Å². The number of hydrogen-bond donors (Lipinski definition) is 1.